The molecule has 0 unspecified atom stereocenters. The van der Waals surface area contributed by atoms with Crippen LogP contribution in [0.3, 0.4) is 0 Å². The van der Waals surface area contributed by atoms with Crippen LogP contribution in [0, 0.1) is 0 Å². The molecule has 0 aliphatic heterocycles. The van der Waals surface area contributed by atoms with Crippen LogP contribution >= 0.6 is 0 Å². The van der Waals surface area contributed by atoms with Crippen molar-refractivity contribution < 1.29 is 9.53 Å². The second-order valence-corrected chi connectivity index (χ2v) is 6.75. The van der Waals surface area contributed by atoms with E-state index in [1.54, 1.807) is 7.11 Å². The van der Waals surface area contributed by atoms with Gasteiger partial charge in [-0.05, 0) is 37.0 Å². The average Bonchev–Trinajstić information content (AvgIpc) is 2.24. The van der Waals surface area contributed by atoms with E-state index in [0.29, 0.717) is 17.7 Å². The third kappa shape index (κ3) is 4.35. The van der Waals surface area contributed by atoms with Gasteiger partial charge in [0.05, 0.1) is 12.7 Å². The van der Waals surface area contributed by atoms with E-state index < -0.39 is 5.54 Å². The van der Waals surface area contributed by atoms with Gasteiger partial charge in [-0.1, -0.05) is 26.8 Å². The van der Waals surface area contributed by atoms with Crippen molar-refractivity contribution in [1.82, 2.24) is 0 Å². The lowest BCUT2D eigenvalue weighted by atomic mass is 9.84. The van der Waals surface area contributed by atoms with Gasteiger partial charge in [0, 0.05) is 12.0 Å². The predicted molar refractivity (Wildman–Crippen MR) is 78.9 cm³/mol. The monoisotopic (exact) mass is 263 g/mol. The molecule has 0 amide bonds. The standard InChI is InChI=1S/C16H25NO2/c1-15(2,3)11-7-8-14(19-6)12(9-11)13(18)10-16(4,5)17/h7-9H,10,17H2,1-6H3. The number of hydrogen-bond acceptors (Lipinski definition) is 3. The van der Waals surface area contributed by atoms with Crippen LogP contribution in [-0.2, 0) is 5.41 Å². The molecule has 0 bridgehead atoms. The summed E-state index contributed by atoms with van der Waals surface area (Å²) in [4.78, 5) is 12.4. The Morgan fingerprint density at radius 2 is 1.79 bits per heavy atom. The molecule has 1 rings (SSSR count). The lowest BCUT2D eigenvalue weighted by Gasteiger charge is -2.22. The summed E-state index contributed by atoms with van der Waals surface area (Å²) in [5.41, 5.74) is 7.15. The van der Waals surface area contributed by atoms with Crippen molar-refractivity contribution in [3.05, 3.63) is 29.3 Å². The zero-order chi connectivity index (χ0) is 14.8. The smallest absolute Gasteiger partial charge is 0.168 e. The molecule has 0 aromatic heterocycles. The first-order chi connectivity index (χ1) is 8.54. The van der Waals surface area contributed by atoms with Crippen molar-refractivity contribution >= 4 is 5.78 Å². The van der Waals surface area contributed by atoms with Crippen LogP contribution in [0.15, 0.2) is 18.2 Å². The number of ether oxygens (including phenoxy) is 1. The Bertz CT molecular complexity index is 465. The second kappa shape index (κ2) is 5.33. The number of ketones is 1. The van der Waals surface area contributed by atoms with Crippen LogP contribution in [0.2, 0.25) is 0 Å². The maximum absolute atomic E-state index is 12.4. The summed E-state index contributed by atoms with van der Waals surface area (Å²) in [5, 5.41) is 0. The fourth-order valence-electron chi connectivity index (χ4n) is 1.90. The number of hydrogen-bond donors (Lipinski definition) is 1. The third-order valence-corrected chi connectivity index (χ3v) is 2.98. The quantitative estimate of drug-likeness (QED) is 0.848. The Morgan fingerprint density at radius 3 is 2.21 bits per heavy atom. The number of carbonyl (C=O) groups is 1. The van der Waals surface area contributed by atoms with E-state index in [4.69, 9.17) is 10.5 Å². The van der Waals surface area contributed by atoms with Gasteiger partial charge in [0.15, 0.2) is 5.78 Å². The Balaban J connectivity index is 3.20. The van der Waals surface area contributed by atoms with E-state index in [2.05, 4.69) is 20.8 Å². The summed E-state index contributed by atoms with van der Waals surface area (Å²) in [6.07, 6.45) is 0.303. The van der Waals surface area contributed by atoms with Gasteiger partial charge in [-0.3, -0.25) is 4.79 Å². The lowest BCUT2D eigenvalue weighted by Crippen LogP contribution is -2.34. The topological polar surface area (TPSA) is 52.3 Å². The Morgan fingerprint density at radius 1 is 1.21 bits per heavy atom. The van der Waals surface area contributed by atoms with Gasteiger partial charge in [0.1, 0.15) is 5.75 Å². The highest BCUT2D eigenvalue weighted by molar-refractivity contribution is 5.99. The molecule has 3 heteroatoms. The number of rotatable bonds is 4. The molecule has 3 nitrogen and oxygen atoms in total. The lowest BCUT2D eigenvalue weighted by molar-refractivity contribution is 0.0957. The highest BCUT2D eigenvalue weighted by Gasteiger charge is 2.23. The molecule has 1 aromatic carbocycles. The molecule has 1 aromatic rings. The summed E-state index contributed by atoms with van der Waals surface area (Å²) < 4.78 is 5.29. The van der Waals surface area contributed by atoms with Crippen molar-refractivity contribution in [2.45, 2.75) is 52.0 Å². The van der Waals surface area contributed by atoms with E-state index >= 15 is 0 Å². The molecule has 0 radical (unpaired) electrons. The first-order valence-corrected chi connectivity index (χ1v) is 6.55. The first-order valence-electron chi connectivity index (χ1n) is 6.55. The van der Waals surface area contributed by atoms with Gasteiger partial charge in [-0.15, -0.1) is 0 Å². The van der Waals surface area contributed by atoms with E-state index in [1.165, 1.54) is 0 Å². The number of methoxy groups -OCH3 is 1. The van der Waals surface area contributed by atoms with Gasteiger partial charge in [0.25, 0.3) is 0 Å². The molecule has 2 N–H and O–H groups in total. The molecule has 0 fully saturated rings. The zero-order valence-corrected chi connectivity index (χ0v) is 12.8. The predicted octanol–water partition coefficient (Wildman–Crippen LogP) is 3.30. The van der Waals surface area contributed by atoms with Crippen LogP contribution in [0.4, 0.5) is 0 Å². The minimum atomic E-state index is -0.514. The molecule has 106 valence electrons. The van der Waals surface area contributed by atoms with Gasteiger partial charge < -0.3 is 10.5 Å². The number of benzene rings is 1. The number of Topliss-reactive ketones (excluding diaryl/α,β-unsaturated/α-hetero) is 1. The third-order valence-electron chi connectivity index (χ3n) is 2.98. The summed E-state index contributed by atoms with van der Waals surface area (Å²) >= 11 is 0. The molecule has 0 spiro atoms. The van der Waals surface area contributed by atoms with Crippen LogP contribution in [0.5, 0.6) is 5.75 Å². The van der Waals surface area contributed by atoms with Crippen molar-refractivity contribution in [2.75, 3.05) is 7.11 Å². The SMILES string of the molecule is COc1ccc(C(C)(C)C)cc1C(=O)CC(C)(C)N. The highest BCUT2D eigenvalue weighted by atomic mass is 16.5. The number of carbonyl (C=O) groups excluding carboxylic acids is 1. The molecule has 0 atom stereocenters. The van der Waals surface area contributed by atoms with Crippen molar-refractivity contribution in [2.24, 2.45) is 5.73 Å². The van der Waals surface area contributed by atoms with Crippen molar-refractivity contribution in [3.63, 3.8) is 0 Å². The molecular formula is C16H25NO2. The van der Waals surface area contributed by atoms with Gasteiger partial charge in [-0.2, -0.15) is 0 Å². The van der Waals surface area contributed by atoms with Crippen LogP contribution in [0.25, 0.3) is 0 Å². The highest BCUT2D eigenvalue weighted by Crippen LogP contribution is 2.29. The van der Waals surface area contributed by atoms with Crippen LogP contribution in [-0.4, -0.2) is 18.4 Å². The Hall–Kier alpha value is -1.35. The minimum absolute atomic E-state index is 0.000462. The largest absolute Gasteiger partial charge is 0.496 e. The summed E-state index contributed by atoms with van der Waals surface area (Å²) in [5.74, 6) is 0.637. The van der Waals surface area contributed by atoms with E-state index in [-0.39, 0.29) is 11.2 Å². The first kappa shape index (κ1) is 15.7. The molecule has 0 saturated carbocycles. The average molecular weight is 263 g/mol. The molecule has 0 aliphatic rings. The van der Waals surface area contributed by atoms with Crippen LogP contribution in [0.1, 0.15) is 57.0 Å². The molecule has 0 aliphatic carbocycles. The van der Waals surface area contributed by atoms with Gasteiger partial charge in [0.2, 0.25) is 0 Å². The zero-order valence-electron chi connectivity index (χ0n) is 12.8. The van der Waals surface area contributed by atoms with E-state index in [0.717, 1.165) is 5.56 Å². The second-order valence-electron chi connectivity index (χ2n) is 6.75. The van der Waals surface area contributed by atoms with Gasteiger partial charge in [-0.25, -0.2) is 0 Å². The minimum Gasteiger partial charge on any atom is -0.496 e. The van der Waals surface area contributed by atoms with Gasteiger partial charge >= 0.3 is 0 Å². The van der Waals surface area contributed by atoms with Crippen molar-refractivity contribution in [1.29, 1.82) is 0 Å². The summed E-state index contributed by atoms with van der Waals surface area (Å²) in [6.45, 7) is 10.1. The Kier molecular flexibility index (Phi) is 4.41. The fraction of sp³-hybridized carbons (Fsp3) is 0.562. The molecular weight excluding hydrogens is 238 g/mol. The maximum atomic E-state index is 12.4. The number of nitrogens with two attached hydrogens (primary N) is 1. The van der Waals surface area contributed by atoms with Crippen molar-refractivity contribution in [3.8, 4) is 5.75 Å². The van der Waals surface area contributed by atoms with E-state index in [1.807, 2.05) is 32.0 Å². The maximum Gasteiger partial charge on any atom is 0.168 e. The summed E-state index contributed by atoms with van der Waals surface area (Å²) in [6, 6.07) is 5.79. The van der Waals surface area contributed by atoms with E-state index in [9.17, 15) is 4.79 Å². The fourth-order valence-corrected chi connectivity index (χ4v) is 1.90. The normalized spacial score (nSPS) is 12.4. The Labute approximate surface area is 116 Å². The molecule has 19 heavy (non-hydrogen) atoms. The molecule has 0 saturated heterocycles. The summed E-state index contributed by atoms with van der Waals surface area (Å²) in [7, 11) is 1.58. The molecule has 0 heterocycles. The van der Waals surface area contributed by atoms with Crippen LogP contribution < -0.4 is 10.5 Å².